The molecule has 2 aliphatic rings. The molecule has 2 N–H and O–H groups in total. The zero-order chi connectivity index (χ0) is 23.9. The molecule has 176 valence electrons. The summed E-state index contributed by atoms with van der Waals surface area (Å²) in [6, 6.07) is 20.6. The van der Waals surface area contributed by atoms with E-state index in [0.29, 0.717) is 30.0 Å². The van der Waals surface area contributed by atoms with Crippen LogP contribution in [0, 0.1) is 0 Å². The smallest absolute Gasteiger partial charge is 0.254 e. The van der Waals surface area contributed by atoms with Crippen molar-refractivity contribution in [3.05, 3.63) is 95.2 Å². The van der Waals surface area contributed by atoms with Gasteiger partial charge in [0.2, 0.25) is 12.7 Å². The summed E-state index contributed by atoms with van der Waals surface area (Å²) in [7, 11) is 1.75. The third kappa shape index (κ3) is 3.60. The van der Waals surface area contributed by atoms with E-state index >= 15 is 0 Å². The minimum atomic E-state index is -0.558. The predicted octanol–water partition coefficient (Wildman–Crippen LogP) is 4.17. The number of fused-ring (bicyclic) bond motifs is 3. The van der Waals surface area contributed by atoms with E-state index in [2.05, 4.69) is 16.4 Å². The number of ether oxygens (including phenoxy) is 2. The van der Waals surface area contributed by atoms with Gasteiger partial charge in [0, 0.05) is 36.3 Å². The molecule has 0 fully saturated rings. The number of carbonyl (C=O) groups excluding carboxylic acids is 2. The Hall–Kier alpha value is -4.26. The maximum Gasteiger partial charge on any atom is 0.254 e. The number of aromatic nitrogens is 1. The van der Waals surface area contributed by atoms with Crippen molar-refractivity contribution in [1.29, 1.82) is 0 Å². The molecule has 0 saturated heterocycles. The summed E-state index contributed by atoms with van der Waals surface area (Å²) in [5, 5.41) is 4.30. The van der Waals surface area contributed by atoms with Gasteiger partial charge in [-0.25, -0.2) is 0 Å². The Morgan fingerprint density at radius 2 is 1.86 bits per heavy atom. The molecule has 35 heavy (non-hydrogen) atoms. The number of benzene rings is 3. The van der Waals surface area contributed by atoms with E-state index in [1.165, 1.54) is 0 Å². The monoisotopic (exact) mass is 467 g/mol. The molecular formula is C28H25N3O4. The highest BCUT2D eigenvalue weighted by molar-refractivity contribution is 6.01. The first-order valence-electron chi connectivity index (χ1n) is 11.7. The number of amides is 2. The normalized spacial score (nSPS) is 18.5. The van der Waals surface area contributed by atoms with Crippen molar-refractivity contribution in [1.82, 2.24) is 15.2 Å². The van der Waals surface area contributed by atoms with Crippen molar-refractivity contribution in [2.75, 3.05) is 20.4 Å². The van der Waals surface area contributed by atoms with Gasteiger partial charge in [0.1, 0.15) is 0 Å². The SMILES string of the molecule is CN1C(=O)c2ccccc2C(C(=O)NCCc2c[nH]c3ccccc23)C1c1ccc2c(c1)OCO2. The van der Waals surface area contributed by atoms with Crippen molar-refractivity contribution < 1.29 is 19.1 Å². The van der Waals surface area contributed by atoms with Crippen LogP contribution in [-0.2, 0) is 11.2 Å². The first-order valence-corrected chi connectivity index (χ1v) is 11.7. The molecular weight excluding hydrogens is 442 g/mol. The van der Waals surface area contributed by atoms with Gasteiger partial charge >= 0.3 is 0 Å². The third-order valence-corrected chi connectivity index (χ3v) is 6.97. The van der Waals surface area contributed by atoms with Crippen LogP contribution < -0.4 is 14.8 Å². The molecule has 2 atom stereocenters. The largest absolute Gasteiger partial charge is 0.454 e. The summed E-state index contributed by atoms with van der Waals surface area (Å²) < 4.78 is 11.0. The number of aromatic amines is 1. The zero-order valence-electron chi connectivity index (χ0n) is 19.3. The molecule has 2 amide bonds. The highest BCUT2D eigenvalue weighted by Gasteiger charge is 2.42. The summed E-state index contributed by atoms with van der Waals surface area (Å²) in [6.07, 6.45) is 2.70. The number of hydrogen-bond acceptors (Lipinski definition) is 4. The minimum absolute atomic E-state index is 0.105. The van der Waals surface area contributed by atoms with Crippen LogP contribution in [0.25, 0.3) is 10.9 Å². The molecule has 0 saturated carbocycles. The number of H-pyrrole nitrogens is 1. The van der Waals surface area contributed by atoms with Crippen LogP contribution >= 0.6 is 0 Å². The standard InChI is InChI=1S/C28H25N3O4/c1-31-26(17-10-11-23-24(14-17)35-16-34-23)25(20-7-2-3-8-21(20)28(31)33)27(32)29-13-12-18-15-30-22-9-5-4-6-19(18)22/h2-11,14-15,25-26,30H,12-13,16H2,1H3,(H,29,32). The van der Waals surface area contributed by atoms with Crippen molar-refractivity contribution in [2.24, 2.45) is 0 Å². The van der Waals surface area contributed by atoms with Gasteiger partial charge in [0.25, 0.3) is 5.91 Å². The van der Waals surface area contributed by atoms with Crippen LogP contribution in [0.2, 0.25) is 0 Å². The fraction of sp³-hybridized carbons (Fsp3) is 0.214. The van der Waals surface area contributed by atoms with Crippen LogP contribution in [0.5, 0.6) is 11.5 Å². The van der Waals surface area contributed by atoms with Crippen molar-refractivity contribution in [3.8, 4) is 11.5 Å². The van der Waals surface area contributed by atoms with E-state index in [4.69, 9.17) is 9.47 Å². The van der Waals surface area contributed by atoms with Crippen LogP contribution in [-0.4, -0.2) is 42.1 Å². The van der Waals surface area contributed by atoms with Crippen molar-refractivity contribution in [2.45, 2.75) is 18.4 Å². The fourth-order valence-corrected chi connectivity index (χ4v) is 5.24. The Morgan fingerprint density at radius 1 is 1.06 bits per heavy atom. The van der Waals surface area contributed by atoms with E-state index < -0.39 is 12.0 Å². The fourth-order valence-electron chi connectivity index (χ4n) is 5.24. The average Bonchev–Trinajstić information content (AvgIpc) is 3.52. The second-order valence-electron chi connectivity index (χ2n) is 8.94. The molecule has 7 nitrogen and oxygen atoms in total. The molecule has 3 heterocycles. The maximum atomic E-state index is 13.7. The van der Waals surface area contributed by atoms with Crippen molar-refractivity contribution in [3.63, 3.8) is 0 Å². The van der Waals surface area contributed by atoms with Gasteiger partial charge in [0.15, 0.2) is 11.5 Å². The van der Waals surface area contributed by atoms with Crippen LogP contribution in [0.15, 0.2) is 72.9 Å². The summed E-state index contributed by atoms with van der Waals surface area (Å²) in [4.78, 5) is 31.9. The van der Waals surface area contributed by atoms with E-state index in [1.807, 2.05) is 60.8 Å². The summed E-state index contributed by atoms with van der Waals surface area (Å²) >= 11 is 0. The average molecular weight is 468 g/mol. The number of likely N-dealkylation sites (N-methyl/N-ethyl adjacent to an activating group) is 1. The van der Waals surface area contributed by atoms with Crippen LogP contribution in [0.3, 0.4) is 0 Å². The lowest BCUT2D eigenvalue weighted by molar-refractivity contribution is -0.124. The molecule has 0 spiro atoms. The van der Waals surface area contributed by atoms with Crippen LogP contribution in [0.1, 0.15) is 39.0 Å². The van der Waals surface area contributed by atoms with Gasteiger partial charge in [-0.05, 0) is 47.4 Å². The van der Waals surface area contributed by atoms with Crippen LogP contribution in [0.4, 0.5) is 0 Å². The summed E-state index contributed by atoms with van der Waals surface area (Å²) in [6.45, 7) is 0.656. The summed E-state index contributed by atoms with van der Waals surface area (Å²) in [5.74, 6) is 0.516. The Bertz CT molecular complexity index is 1440. The van der Waals surface area contributed by atoms with E-state index in [1.54, 1.807) is 18.0 Å². The lowest BCUT2D eigenvalue weighted by atomic mass is 9.79. The van der Waals surface area contributed by atoms with E-state index in [9.17, 15) is 9.59 Å². The molecule has 0 bridgehead atoms. The molecule has 0 aliphatic carbocycles. The Balaban J connectivity index is 1.31. The topological polar surface area (TPSA) is 83.7 Å². The maximum absolute atomic E-state index is 13.7. The highest BCUT2D eigenvalue weighted by Crippen LogP contribution is 2.44. The molecule has 3 aromatic carbocycles. The van der Waals surface area contributed by atoms with Gasteiger partial charge in [-0.1, -0.05) is 42.5 Å². The van der Waals surface area contributed by atoms with Gasteiger partial charge in [-0.2, -0.15) is 0 Å². The second-order valence-corrected chi connectivity index (χ2v) is 8.94. The Kier molecular flexibility index (Phi) is 5.17. The molecule has 7 heteroatoms. The quantitative estimate of drug-likeness (QED) is 0.462. The Morgan fingerprint density at radius 3 is 2.77 bits per heavy atom. The lowest BCUT2D eigenvalue weighted by Crippen LogP contribution is -2.45. The van der Waals surface area contributed by atoms with Gasteiger partial charge < -0.3 is 24.7 Å². The third-order valence-electron chi connectivity index (χ3n) is 6.97. The highest BCUT2D eigenvalue weighted by atomic mass is 16.7. The summed E-state index contributed by atoms with van der Waals surface area (Å²) in [5.41, 5.74) is 4.37. The molecule has 0 radical (unpaired) electrons. The van der Waals surface area contributed by atoms with E-state index in [-0.39, 0.29) is 18.6 Å². The number of carbonyl (C=O) groups is 2. The molecule has 2 unspecified atom stereocenters. The molecule has 6 rings (SSSR count). The number of nitrogens with zero attached hydrogens (tertiary/aromatic N) is 1. The van der Waals surface area contributed by atoms with Crippen molar-refractivity contribution >= 4 is 22.7 Å². The van der Waals surface area contributed by atoms with Gasteiger partial charge in [0.05, 0.1) is 12.0 Å². The second kappa shape index (κ2) is 8.51. The molecule has 2 aliphatic heterocycles. The predicted molar refractivity (Wildman–Crippen MR) is 132 cm³/mol. The molecule has 1 aromatic heterocycles. The van der Waals surface area contributed by atoms with Gasteiger partial charge in [-0.15, -0.1) is 0 Å². The number of nitrogens with one attached hydrogen (secondary N) is 2. The lowest BCUT2D eigenvalue weighted by Gasteiger charge is -2.39. The van der Waals surface area contributed by atoms with E-state index in [0.717, 1.165) is 27.6 Å². The number of para-hydroxylation sites is 1. The number of hydrogen-bond donors (Lipinski definition) is 2. The minimum Gasteiger partial charge on any atom is -0.454 e. The number of rotatable bonds is 5. The van der Waals surface area contributed by atoms with Gasteiger partial charge in [-0.3, -0.25) is 9.59 Å². The molecule has 4 aromatic rings. The zero-order valence-corrected chi connectivity index (χ0v) is 19.3. The first kappa shape index (κ1) is 21.3. The Labute approximate surface area is 202 Å². The first-order chi connectivity index (χ1) is 17.1.